The molecule has 3 aromatic rings. The summed E-state index contributed by atoms with van der Waals surface area (Å²) in [7, 11) is 0. The lowest BCUT2D eigenvalue weighted by molar-refractivity contribution is 1.31. The third kappa shape index (κ3) is 7.53. The summed E-state index contributed by atoms with van der Waals surface area (Å²) in [6.45, 7) is 0. The fraction of sp³-hybridized carbons (Fsp3) is 0. The van der Waals surface area contributed by atoms with Gasteiger partial charge in [-0.2, -0.15) is 11.3 Å². The van der Waals surface area contributed by atoms with Crippen molar-refractivity contribution in [2.45, 2.75) is 0 Å². The Morgan fingerprint density at radius 3 is 1.50 bits per heavy atom. The van der Waals surface area contributed by atoms with Gasteiger partial charge in [-0.15, -0.1) is 0 Å². The zero-order valence-electron chi connectivity index (χ0n) is 8.86. The van der Waals surface area contributed by atoms with E-state index in [1.165, 1.54) is 0 Å². The van der Waals surface area contributed by atoms with Crippen LogP contribution in [0.5, 0.6) is 0 Å². The number of benzene rings is 1. The average Bonchev–Trinajstić information content (AvgIpc) is 3.10. The SMILES string of the molecule is c1c[nH]cn1.c1ccccc1.c1ccsc1. The van der Waals surface area contributed by atoms with Crippen molar-refractivity contribution in [1.29, 1.82) is 0 Å². The van der Waals surface area contributed by atoms with Crippen LogP contribution < -0.4 is 0 Å². The summed E-state index contributed by atoms with van der Waals surface area (Å²) < 4.78 is 0. The number of aromatic nitrogens is 2. The maximum Gasteiger partial charge on any atom is 0.0919 e. The third-order valence-corrected chi connectivity index (χ3v) is 2.13. The number of nitrogens with one attached hydrogen (secondary N) is 1. The Bertz CT molecular complexity index is 305. The van der Waals surface area contributed by atoms with Crippen molar-refractivity contribution >= 4 is 11.3 Å². The zero-order valence-corrected chi connectivity index (χ0v) is 9.68. The minimum atomic E-state index is 1.62. The van der Waals surface area contributed by atoms with Gasteiger partial charge in [0.25, 0.3) is 0 Å². The van der Waals surface area contributed by atoms with E-state index in [0.717, 1.165) is 0 Å². The van der Waals surface area contributed by atoms with Crippen molar-refractivity contribution in [2.75, 3.05) is 0 Å². The molecule has 0 radical (unpaired) electrons. The highest BCUT2D eigenvalue weighted by molar-refractivity contribution is 7.07. The van der Waals surface area contributed by atoms with Crippen molar-refractivity contribution in [3.63, 3.8) is 0 Å². The predicted molar refractivity (Wildman–Crippen MR) is 69.3 cm³/mol. The third-order valence-electron chi connectivity index (χ3n) is 1.50. The van der Waals surface area contributed by atoms with Crippen molar-refractivity contribution in [3.05, 3.63) is 78.0 Å². The molecule has 3 heteroatoms. The molecule has 0 aliphatic rings. The minimum Gasteiger partial charge on any atom is -0.351 e. The molecule has 0 spiro atoms. The van der Waals surface area contributed by atoms with E-state index in [1.807, 2.05) is 59.3 Å². The van der Waals surface area contributed by atoms with Crippen molar-refractivity contribution in [2.24, 2.45) is 0 Å². The summed E-state index contributed by atoms with van der Waals surface area (Å²) in [5.41, 5.74) is 0. The minimum absolute atomic E-state index is 1.62. The van der Waals surface area contributed by atoms with Gasteiger partial charge in [0.1, 0.15) is 0 Å². The molecule has 0 bridgehead atoms. The largest absolute Gasteiger partial charge is 0.351 e. The number of H-pyrrole nitrogens is 1. The Hall–Kier alpha value is -1.87. The molecule has 0 atom stereocenters. The predicted octanol–water partition coefficient (Wildman–Crippen LogP) is 3.84. The lowest BCUT2D eigenvalue weighted by Gasteiger charge is -1.69. The standard InChI is InChI=1S/C6H6.C4H4S.C3H4N2/c1-2-4-6-5-3-1;1-2-4-5-3-1;1-2-5-3-4-1/h1-6H;1-4H;1-3H,(H,4,5). The topological polar surface area (TPSA) is 28.7 Å². The number of thiophene rings is 1. The van der Waals surface area contributed by atoms with Crippen molar-refractivity contribution in [1.82, 2.24) is 9.97 Å². The summed E-state index contributed by atoms with van der Waals surface area (Å²) in [6.07, 6.45) is 5.08. The van der Waals surface area contributed by atoms with E-state index in [-0.39, 0.29) is 0 Å². The molecule has 2 heterocycles. The maximum atomic E-state index is 3.67. The van der Waals surface area contributed by atoms with Gasteiger partial charge in [0.2, 0.25) is 0 Å². The van der Waals surface area contributed by atoms with Crippen LogP contribution in [0.25, 0.3) is 0 Å². The normalized spacial score (nSPS) is 8.00. The van der Waals surface area contributed by atoms with Crippen LogP contribution in [-0.2, 0) is 0 Å². The highest BCUT2D eigenvalue weighted by Gasteiger charge is 1.59. The van der Waals surface area contributed by atoms with E-state index < -0.39 is 0 Å². The first kappa shape index (κ1) is 12.2. The Balaban J connectivity index is 0.000000121. The molecule has 3 rings (SSSR count). The highest BCUT2D eigenvalue weighted by Crippen LogP contribution is 1.91. The first-order chi connectivity index (χ1) is 8.00. The second kappa shape index (κ2) is 9.68. The van der Waals surface area contributed by atoms with Crippen LogP contribution >= 0.6 is 11.3 Å². The van der Waals surface area contributed by atoms with E-state index >= 15 is 0 Å². The van der Waals surface area contributed by atoms with Crippen LogP contribution in [-0.4, -0.2) is 9.97 Å². The molecule has 0 fully saturated rings. The Kier molecular flexibility index (Phi) is 7.38. The van der Waals surface area contributed by atoms with E-state index in [2.05, 4.69) is 9.97 Å². The first-order valence-corrected chi connectivity index (χ1v) is 5.84. The van der Waals surface area contributed by atoms with Crippen LogP contribution in [0.2, 0.25) is 0 Å². The second-order valence-corrected chi connectivity index (χ2v) is 3.52. The second-order valence-electron chi connectivity index (χ2n) is 2.71. The molecular weight excluding hydrogens is 216 g/mol. The van der Waals surface area contributed by atoms with Gasteiger partial charge in [-0.3, -0.25) is 0 Å². The lowest BCUT2D eigenvalue weighted by Crippen LogP contribution is -1.47. The number of hydrogen-bond donors (Lipinski definition) is 1. The number of rotatable bonds is 0. The maximum absolute atomic E-state index is 3.67. The van der Waals surface area contributed by atoms with E-state index in [9.17, 15) is 0 Å². The van der Waals surface area contributed by atoms with Gasteiger partial charge in [-0.1, -0.05) is 48.5 Å². The molecule has 1 aromatic carbocycles. The molecule has 1 N–H and O–H groups in total. The molecule has 2 nitrogen and oxygen atoms in total. The van der Waals surface area contributed by atoms with Gasteiger partial charge in [0.15, 0.2) is 0 Å². The van der Waals surface area contributed by atoms with Crippen molar-refractivity contribution in [3.8, 4) is 0 Å². The van der Waals surface area contributed by atoms with E-state index in [0.29, 0.717) is 0 Å². The monoisotopic (exact) mass is 230 g/mol. The Morgan fingerprint density at radius 1 is 0.750 bits per heavy atom. The molecule has 0 aliphatic heterocycles. The van der Waals surface area contributed by atoms with Gasteiger partial charge in [-0.25, -0.2) is 4.98 Å². The van der Waals surface area contributed by atoms with E-state index in [1.54, 1.807) is 30.1 Å². The van der Waals surface area contributed by atoms with Crippen LogP contribution in [0.15, 0.2) is 78.0 Å². The molecule has 82 valence electrons. The smallest absolute Gasteiger partial charge is 0.0919 e. The van der Waals surface area contributed by atoms with Gasteiger partial charge < -0.3 is 4.98 Å². The van der Waals surface area contributed by atoms with Crippen LogP contribution in [0.3, 0.4) is 0 Å². The molecule has 0 saturated carbocycles. The van der Waals surface area contributed by atoms with Crippen LogP contribution in [0.4, 0.5) is 0 Å². The van der Waals surface area contributed by atoms with E-state index in [4.69, 9.17) is 0 Å². The Labute approximate surface area is 99.6 Å². The first-order valence-electron chi connectivity index (χ1n) is 4.90. The summed E-state index contributed by atoms with van der Waals surface area (Å²) in [5.74, 6) is 0. The molecular formula is C13H14N2S. The summed E-state index contributed by atoms with van der Waals surface area (Å²) in [6, 6.07) is 16.0. The molecule has 0 saturated heterocycles. The number of imidazole rings is 1. The fourth-order valence-electron chi connectivity index (χ4n) is 0.827. The van der Waals surface area contributed by atoms with Crippen molar-refractivity contribution < 1.29 is 0 Å². The summed E-state index contributed by atoms with van der Waals surface area (Å²) >= 11 is 1.71. The Morgan fingerprint density at radius 2 is 1.31 bits per heavy atom. The summed E-state index contributed by atoms with van der Waals surface area (Å²) in [4.78, 5) is 6.42. The quantitative estimate of drug-likeness (QED) is 0.624. The summed E-state index contributed by atoms with van der Waals surface area (Å²) in [5, 5.41) is 4.08. The average molecular weight is 230 g/mol. The van der Waals surface area contributed by atoms with Gasteiger partial charge in [0.05, 0.1) is 6.33 Å². The number of aromatic amines is 1. The molecule has 16 heavy (non-hydrogen) atoms. The fourth-order valence-corrected chi connectivity index (χ4v) is 1.28. The van der Waals surface area contributed by atoms with Crippen LogP contribution in [0, 0.1) is 0 Å². The molecule has 0 unspecified atom stereocenters. The van der Waals surface area contributed by atoms with Crippen LogP contribution in [0.1, 0.15) is 0 Å². The van der Waals surface area contributed by atoms with Gasteiger partial charge >= 0.3 is 0 Å². The number of nitrogens with zero attached hydrogens (tertiary/aromatic N) is 1. The molecule has 0 amide bonds. The van der Waals surface area contributed by atoms with Gasteiger partial charge in [0, 0.05) is 12.4 Å². The number of hydrogen-bond acceptors (Lipinski definition) is 2. The molecule has 2 aromatic heterocycles. The lowest BCUT2D eigenvalue weighted by atomic mass is 10.4. The molecule has 0 aliphatic carbocycles. The zero-order chi connectivity index (χ0) is 11.3. The van der Waals surface area contributed by atoms with Gasteiger partial charge in [-0.05, 0) is 10.8 Å². The highest BCUT2D eigenvalue weighted by atomic mass is 32.1.